The number of carbonyl (C=O) groups is 1. The lowest BCUT2D eigenvalue weighted by Crippen LogP contribution is -2.39. The van der Waals surface area contributed by atoms with E-state index in [-0.39, 0.29) is 17.2 Å². The quantitative estimate of drug-likeness (QED) is 0.784. The number of rotatable bonds is 1. The number of hydrogen-bond acceptors (Lipinski definition) is 6. The maximum atomic E-state index is 13.1. The van der Waals surface area contributed by atoms with Gasteiger partial charge in [0.1, 0.15) is 11.5 Å². The van der Waals surface area contributed by atoms with Crippen LogP contribution in [0.4, 0.5) is 0 Å². The highest BCUT2D eigenvalue weighted by Gasteiger charge is 2.35. The maximum Gasteiger partial charge on any atom is 0.233 e. The molecule has 134 valence electrons. The number of aromatic nitrogens is 5. The van der Waals surface area contributed by atoms with Gasteiger partial charge < -0.3 is 9.32 Å². The standard InChI is InChI=1S/C17H24N6O2/c1-17(2,3)16-18-12-10-22(9-7-13(12)25-16)15(24)11-6-4-5-8-23-14(11)19-20-21-23/h11H,4-10H2,1-3H3. The smallest absolute Gasteiger partial charge is 0.233 e. The van der Waals surface area contributed by atoms with Crippen molar-refractivity contribution in [3.8, 4) is 0 Å². The third kappa shape index (κ3) is 2.94. The number of aryl methyl sites for hydroxylation is 1. The predicted octanol–water partition coefficient (Wildman–Crippen LogP) is 1.81. The molecule has 8 nitrogen and oxygen atoms in total. The molecule has 2 aromatic rings. The van der Waals surface area contributed by atoms with E-state index in [0.29, 0.717) is 25.3 Å². The van der Waals surface area contributed by atoms with Gasteiger partial charge in [0.05, 0.1) is 12.5 Å². The fourth-order valence-electron chi connectivity index (χ4n) is 3.52. The van der Waals surface area contributed by atoms with E-state index in [1.807, 2.05) is 4.90 Å². The first kappa shape index (κ1) is 16.2. The Bertz CT molecular complexity index is 787. The number of fused-ring (bicyclic) bond motifs is 2. The highest BCUT2D eigenvalue weighted by atomic mass is 16.4. The topological polar surface area (TPSA) is 89.9 Å². The van der Waals surface area contributed by atoms with Crippen LogP contribution in [0, 0.1) is 0 Å². The lowest BCUT2D eigenvalue weighted by molar-refractivity contribution is -0.134. The molecule has 0 spiro atoms. The molecule has 0 bridgehead atoms. The molecule has 1 amide bonds. The number of amides is 1. The predicted molar refractivity (Wildman–Crippen MR) is 88.7 cm³/mol. The van der Waals surface area contributed by atoms with Crippen LogP contribution in [0.15, 0.2) is 4.42 Å². The second-order valence-corrected chi connectivity index (χ2v) is 7.96. The van der Waals surface area contributed by atoms with Gasteiger partial charge in [0, 0.05) is 24.9 Å². The zero-order valence-corrected chi connectivity index (χ0v) is 15.0. The van der Waals surface area contributed by atoms with Crippen molar-refractivity contribution < 1.29 is 9.21 Å². The van der Waals surface area contributed by atoms with Gasteiger partial charge in [-0.2, -0.15) is 0 Å². The van der Waals surface area contributed by atoms with E-state index in [1.54, 1.807) is 4.68 Å². The van der Waals surface area contributed by atoms with E-state index in [1.165, 1.54) is 0 Å². The molecule has 8 heteroatoms. The van der Waals surface area contributed by atoms with Crippen LogP contribution in [0.25, 0.3) is 0 Å². The average molecular weight is 344 g/mol. The molecule has 2 aliphatic rings. The normalized spacial score (nSPS) is 20.8. The van der Waals surface area contributed by atoms with E-state index >= 15 is 0 Å². The van der Waals surface area contributed by atoms with Crippen molar-refractivity contribution in [1.29, 1.82) is 0 Å². The molecule has 4 rings (SSSR count). The zero-order valence-electron chi connectivity index (χ0n) is 15.0. The number of hydrogen-bond donors (Lipinski definition) is 0. The van der Waals surface area contributed by atoms with Gasteiger partial charge in [-0.05, 0) is 23.3 Å². The second-order valence-electron chi connectivity index (χ2n) is 7.96. The van der Waals surface area contributed by atoms with Crippen molar-refractivity contribution in [3.05, 3.63) is 23.2 Å². The summed E-state index contributed by atoms with van der Waals surface area (Å²) in [5, 5.41) is 11.9. The lowest BCUT2D eigenvalue weighted by Gasteiger charge is -2.28. The van der Waals surface area contributed by atoms with Crippen molar-refractivity contribution >= 4 is 5.91 Å². The Hall–Kier alpha value is -2.25. The van der Waals surface area contributed by atoms with Gasteiger partial charge in [0.25, 0.3) is 0 Å². The molecule has 25 heavy (non-hydrogen) atoms. The van der Waals surface area contributed by atoms with Gasteiger partial charge in [-0.3, -0.25) is 4.79 Å². The Balaban J connectivity index is 1.56. The summed E-state index contributed by atoms with van der Waals surface area (Å²) in [7, 11) is 0. The van der Waals surface area contributed by atoms with Crippen LogP contribution >= 0.6 is 0 Å². The summed E-state index contributed by atoms with van der Waals surface area (Å²) in [6.07, 6.45) is 3.51. The van der Waals surface area contributed by atoms with Crippen LogP contribution in [0.1, 0.15) is 69.1 Å². The molecule has 0 aromatic carbocycles. The van der Waals surface area contributed by atoms with E-state index in [2.05, 4.69) is 41.3 Å². The van der Waals surface area contributed by atoms with Crippen LogP contribution in [0.2, 0.25) is 0 Å². The molecule has 4 heterocycles. The fraction of sp³-hybridized carbons (Fsp3) is 0.706. The van der Waals surface area contributed by atoms with Crippen molar-refractivity contribution in [1.82, 2.24) is 30.1 Å². The molecule has 2 aromatic heterocycles. The minimum absolute atomic E-state index is 0.101. The summed E-state index contributed by atoms with van der Waals surface area (Å²) in [5.74, 6) is 2.20. The Morgan fingerprint density at radius 3 is 2.88 bits per heavy atom. The molecule has 1 atom stereocenters. The zero-order chi connectivity index (χ0) is 17.6. The Morgan fingerprint density at radius 1 is 1.24 bits per heavy atom. The van der Waals surface area contributed by atoms with Crippen LogP contribution < -0.4 is 0 Å². The summed E-state index contributed by atoms with van der Waals surface area (Å²) in [5.41, 5.74) is 0.757. The first-order valence-electron chi connectivity index (χ1n) is 8.97. The minimum Gasteiger partial charge on any atom is -0.445 e. The third-order valence-electron chi connectivity index (χ3n) is 4.96. The lowest BCUT2D eigenvalue weighted by atomic mass is 9.97. The number of oxazole rings is 1. The number of tetrazole rings is 1. The number of nitrogens with zero attached hydrogens (tertiary/aromatic N) is 6. The van der Waals surface area contributed by atoms with Gasteiger partial charge in [-0.1, -0.05) is 27.2 Å². The first-order valence-corrected chi connectivity index (χ1v) is 8.97. The molecule has 0 N–H and O–H groups in total. The molecular formula is C17H24N6O2. The van der Waals surface area contributed by atoms with Gasteiger partial charge >= 0.3 is 0 Å². The van der Waals surface area contributed by atoms with Gasteiger partial charge in [-0.25, -0.2) is 9.67 Å². The molecule has 2 aliphatic heterocycles. The molecular weight excluding hydrogens is 320 g/mol. The fourth-order valence-corrected chi connectivity index (χ4v) is 3.52. The van der Waals surface area contributed by atoms with E-state index < -0.39 is 0 Å². The highest BCUT2D eigenvalue weighted by molar-refractivity contribution is 5.83. The summed E-state index contributed by atoms with van der Waals surface area (Å²) in [6, 6.07) is 0. The van der Waals surface area contributed by atoms with Crippen LogP contribution in [-0.2, 0) is 29.7 Å². The van der Waals surface area contributed by atoms with E-state index in [4.69, 9.17) is 4.42 Å². The SMILES string of the molecule is CC(C)(C)c1nc2c(o1)CCN(C(=O)C1CCCCn3nnnc31)C2. The van der Waals surface area contributed by atoms with Gasteiger partial charge in [0.2, 0.25) is 5.91 Å². The molecule has 1 unspecified atom stereocenters. The largest absolute Gasteiger partial charge is 0.445 e. The molecule has 0 aliphatic carbocycles. The highest BCUT2D eigenvalue weighted by Crippen LogP contribution is 2.30. The van der Waals surface area contributed by atoms with Crippen molar-refractivity contribution in [2.45, 2.75) is 70.9 Å². The van der Waals surface area contributed by atoms with E-state index in [0.717, 1.165) is 43.2 Å². The first-order chi connectivity index (χ1) is 11.9. The van der Waals surface area contributed by atoms with Gasteiger partial charge in [0.15, 0.2) is 11.7 Å². The van der Waals surface area contributed by atoms with E-state index in [9.17, 15) is 4.79 Å². The maximum absolute atomic E-state index is 13.1. The summed E-state index contributed by atoms with van der Waals surface area (Å²) < 4.78 is 7.70. The average Bonchev–Trinajstić information content (AvgIpc) is 3.16. The minimum atomic E-state index is -0.256. The van der Waals surface area contributed by atoms with Crippen molar-refractivity contribution in [2.24, 2.45) is 0 Å². The second kappa shape index (κ2) is 5.93. The van der Waals surface area contributed by atoms with Crippen molar-refractivity contribution in [3.63, 3.8) is 0 Å². The summed E-state index contributed by atoms with van der Waals surface area (Å²) in [6.45, 7) is 8.19. The Morgan fingerprint density at radius 2 is 2.08 bits per heavy atom. The molecule has 0 radical (unpaired) electrons. The molecule has 0 saturated carbocycles. The Labute approximate surface area is 146 Å². The number of carbonyl (C=O) groups excluding carboxylic acids is 1. The summed E-state index contributed by atoms with van der Waals surface area (Å²) >= 11 is 0. The van der Waals surface area contributed by atoms with Crippen LogP contribution in [0.3, 0.4) is 0 Å². The molecule has 0 fully saturated rings. The van der Waals surface area contributed by atoms with Gasteiger partial charge in [-0.15, -0.1) is 5.10 Å². The molecule has 0 saturated heterocycles. The summed E-state index contributed by atoms with van der Waals surface area (Å²) in [4.78, 5) is 19.7. The van der Waals surface area contributed by atoms with Crippen LogP contribution in [0.5, 0.6) is 0 Å². The third-order valence-corrected chi connectivity index (χ3v) is 4.96. The Kier molecular flexibility index (Phi) is 3.85. The monoisotopic (exact) mass is 344 g/mol. The van der Waals surface area contributed by atoms with Crippen LogP contribution in [-0.4, -0.2) is 42.5 Å². The van der Waals surface area contributed by atoms with Crippen molar-refractivity contribution in [2.75, 3.05) is 6.54 Å².